The number of nitrogens with zero attached hydrogens (tertiary/aromatic N) is 2. The van der Waals surface area contributed by atoms with Crippen LogP contribution < -0.4 is 10.1 Å². The first-order valence-corrected chi connectivity index (χ1v) is 8.46. The van der Waals surface area contributed by atoms with Crippen LogP contribution in [0.1, 0.15) is 29.9 Å². The van der Waals surface area contributed by atoms with Crippen LogP contribution in [0.3, 0.4) is 0 Å². The minimum Gasteiger partial charge on any atom is -0.497 e. The van der Waals surface area contributed by atoms with Crippen LogP contribution >= 0.6 is 0 Å². The molecule has 1 aromatic carbocycles. The Kier molecular flexibility index (Phi) is 5.29. The van der Waals surface area contributed by atoms with E-state index in [1.165, 1.54) is 38.4 Å². The molecule has 0 radical (unpaired) electrons. The molecule has 0 bridgehead atoms. The van der Waals surface area contributed by atoms with E-state index >= 15 is 0 Å². The molecule has 2 unspecified atom stereocenters. The molecule has 9 heteroatoms. The van der Waals surface area contributed by atoms with Crippen LogP contribution in [-0.2, 0) is 16.0 Å². The van der Waals surface area contributed by atoms with Gasteiger partial charge in [0, 0.05) is 30.3 Å². The van der Waals surface area contributed by atoms with Crippen LogP contribution in [-0.4, -0.2) is 53.7 Å². The number of halogens is 1. The molecule has 1 aliphatic heterocycles. The highest BCUT2D eigenvalue weighted by Gasteiger charge is 2.36. The van der Waals surface area contributed by atoms with Gasteiger partial charge < -0.3 is 24.7 Å². The van der Waals surface area contributed by atoms with Gasteiger partial charge in [-0.15, -0.1) is 0 Å². The van der Waals surface area contributed by atoms with Gasteiger partial charge >= 0.3 is 12.0 Å². The maximum atomic E-state index is 14.8. The van der Waals surface area contributed by atoms with Crippen molar-refractivity contribution in [2.75, 3.05) is 20.8 Å². The lowest BCUT2D eigenvalue weighted by molar-refractivity contribution is -0.142. The number of nitrogens with one attached hydrogen (secondary N) is 2. The van der Waals surface area contributed by atoms with Gasteiger partial charge in [-0.2, -0.15) is 0 Å². The van der Waals surface area contributed by atoms with Crippen molar-refractivity contribution in [1.29, 1.82) is 0 Å². The summed E-state index contributed by atoms with van der Waals surface area (Å²) in [5, 5.41) is 2.59. The fraction of sp³-hybridized carbons (Fsp3) is 0.389. The summed E-state index contributed by atoms with van der Waals surface area (Å²) in [7, 11) is 2.70. The van der Waals surface area contributed by atoms with Crippen LogP contribution in [0.25, 0.3) is 0 Å². The Morgan fingerprint density at radius 3 is 2.85 bits per heavy atom. The Morgan fingerprint density at radius 2 is 2.19 bits per heavy atom. The van der Waals surface area contributed by atoms with Gasteiger partial charge in [0.15, 0.2) is 0 Å². The molecule has 1 aromatic heterocycles. The number of esters is 1. The molecular weight excluding hydrogens is 355 g/mol. The quantitative estimate of drug-likeness (QED) is 0.793. The highest BCUT2D eigenvalue weighted by atomic mass is 19.1. The van der Waals surface area contributed by atoms with E-state index in [1.807, 2.05) is 0 Å². The lowest BCUT2D eigenvalue weighted by atomic mass is 9.95. The zero-order chi connectivity index (χ0) is 19.6. The third kappa shape index (κ3) is 3.57. The van der Waals surface area contributed by atoms with E-state index in [-0.39, 0.29) is 0 Å². The summed E-state index contributed by atoms with van der Waals surface area (Å²) >= 11 is 0. The molecule has 8 nitrogen and oxygen atoms in total. The smallest absolute Gasteiger partial charge is 0.328 e. The molecule has 1 aliphatic rings. The molecule has 0 spiro atoms. The van der Waals surface area contributed by atoms with Crippen molar-refractivity contribution in [2.24, 2.45) is 0 Å². The number of urea groups is 1. The maximum Gasteiger partial charge on any atom is 0.328 e. The number of carbonyl (C=O) groups excluding carboxylic acids is 2. The fourth-order valence-corrected chi connectivity index (χ4v) is 3.17. The van der Waals surface area contributed by atoms with E-state index in [9.17, 15) is 14.0 Å². The number of H-pyrrole nitrogens is 1. The summed E-state index contributed by atoms with van der Waals surface area (Å²) in [6, 6.07) is 2.42. The number of hydrogen-bond acceptors (Lipinski definition) is 5. The second kappa shape index (κ2) is 7.65. The summed E-state index contributed by atoms with van der Waals surface area (Å²) in [6.07, 6.45) is 2.07. The highest BCUT2D eigenvalue weighted by Crippen LogP contribution is 2.35. The standard InChI is InChI=1S/C18H21FN4O4/c1-10(17(24)27-3)22-18(25)23-7-6-14-15(21-9-20-14)16(23)12-5-4-11(26-2)8-13(12)19/h4-5,8-10,16H,6-7H2,1-3H3,(H,20,21)(H,22,25). The van der Waals surface area contributed by atoms with Crippen molar-refractivity contribution in [3.05, 3.63) is 47.3 Å². The van der Waals surface area contributed by atoms with E-state index < -0.39 is 29.9 Å². The van der Waals surface area contributed by atoms with Crippen molar-refractivity contribution in [2.45, 2.75) is 25.4 Å². The van der Waals surface area contributed by atoms with Gasteiger partial charge in [0.05, 0.1) is 26.2 Å². The summed E-state index contributed by atoms with van der Waals surface area (Å²) in [4.78, 5) is 33.2. The number of hydrogen-bond donors (Lipinski definition) is 2. The van der Waals surface area contributed by atoms with Crippen molar-refractivity contribution < 1.29 is 23.5 Å². The van der Waals surface area contributed by atoms with E-state index in [0.29, 0.717) is 30.0 Å². The monoisotopic (exact) mass is 376 g/mol. The first-order valence-electron chi connectivity index (χ1n) is 8.46. The summed E-state index contributed by atoms with van der Waals surface area (Å²) in [5.41, 5.74) is 1.72. The molecular formula is C18H21FN4O4. The Hall–Kier alpha value is -3.10. The van der Waals surface area contributed by atoms with Crippen LogP contribution in [0, 0.1) is 5.82 Å². The van der Waals surface area contributed by atoms with E-state index in [4.69, 9.17) is 4.74 Å². The normalized spacial score (nSPS) is 17.0. The molecule has 2 heterocycles. The Morgan fingerprint density at radius 1 is 1.41 bits per heavy atom. The number of benzene rings is 1. The number of ether oxygens (including phenoxy) is 2. The number of imidazole rings is 1. The molecule has 2 atom stereocenters. The summed E-state index contributed by atoms with van der Waals surface area (Å²) in [5.74, 6) is -0.688. The lowest BCUT2D eigenvalue weighted by Crippen LogP contribution is -2.50. The minimum absolute atomic E-state index is 0.296. The van der Waals surface area contributed by atoms with E-state index in [1.54, 1.807) is 12.1 Å². The lowest BCUT2D eigenvalue weighted by Gasteiger charge is -2.35. The number of aromatic nitrogens is 2. The van der Waals surface area contributed by atoms with Crippen molar-refractivity contribution in [3.8, 4) is 5.75 Å². The topological polar surface area (TPSA) is 96.6 Å². The molecule has 0 aliphatic carbocycles. The largest absolute Gasteiger partial charge is 0.497 e. The number of fused-ring (bicyclic) bond motifs is 1. The van der Waals surface area contributed by atoms with Gasteiger partial charge in [0.25, 0.3) is 0 Å². The predicted octanol–water partition coefficient (Wildman–Crippen LogP) is 1.78. The summed E-state index contributed by atoms with van der Waals surface area (Å²) < 4.78 is 24.4. The molecule has 2 aromatic rings. The number of rotatable bonds is 4. The second-order valence-electron chi connectivity index (χ2n) is 6.19. The molecule has 2 N–H and O–H groups in total. The zero-order valence-electron chi connectivity index (χ0n) is 15.3. The minimum atomic E-state index is -0.829. The Labute approximate surface area is 155 Å². The maximum absolute atomic E-state index is 14.8. The predicted molar refractivity (Wildman–Crippen MR) is 93.8 cm³/mol. The van der Waals surface area contributed by atoms with Gasteiger partial charge in [-0.25, -0.2) is 19.0 Å². The fourth-order valence-electron chi connectivity index (χ4n) is 3.17. The molecule has 0 fully saturated rings. The number of aromatic amines is 1. The SMILES string of the molecule is COC(=O)C(C)NC(=O)N1CCc2[nH]cnc2C1c1ccc(OC)cc1F. The Balaban J connectivity index is 1.96. The zero-order valence-corrected chi connectivity index (χ0v) is 15.3. The highest BCUT2D eigenvalue weighted by molar-refractivity contribution is 5.83. The van der Waals surface area contributed by atoms with Gasteiger partial charge in [-0.3, -0.25) is 0 Å². The van der Waals surface area contributed by atoms with Crippen LogP contribution in [0.2, 0.25) is 0 Å². The average molecular weight is 376 g/mol. The first-order chi connectivity index (χ1) is 13.0. The van der Waals surface area contributed by atoms with Crippen LogP contribution in [0.4, 0.5) is 9.18 Å². The number of methoxy groups -OCH3 is 2. The van der Waals surface area contributed by atoms with Gasteiger partial charge in [0.1, 0.15) is 23.7 Å². The molecule has 0 saturated heterocycles. The first kappa shape index (κ1) is 18.7. The van der Waals surface area contributed by atoms with Gasteiger partial charge in [-0.05, 0) is 19.1 Å². The third-order valence-electron chi connectivity index (χ3n) is 4.58. The number of amides is 2. The van der Waals surface area contributed by atoms with E-state index in [2.05, 4.69) is 20.0 Å². The Bertz CT molecular complexity index is 854. The molecule has 144 valence electrons. The van der Waals surface area contributed by atoms with Crippen LogP contribution in [0.15, 0.2) is 24.5 Å². The molecule has 0 saturated carbocycles. The van der Waals surface area contributed by atoms with Crippen molar-refractivity contribution >= 4 is 12.0 Å². The molecule has 27 heavy (non-hydrogen) atoms. The second-order valence-corrected chi connectivity index (χ2v) is 6.19. The molecule has 2 amide bonds. The molecule has 3 rings (SSSR count). The van der Waals surface area contributed by atoms with Crippen molar-refractivity contribution in [1.82, 2.24) is 20.2 Å². The van der Waals surface area contributed by atoms with E-state index in [0.717, 1.165) is 5.69 Å². The van der Waals surface area contributed by atoms with Gasteiger partial charge in [0.2, 0.25) is 0 Å². The third-order valence-corrected chi connectivity index (χ3v) is 4.58. The summed E-state index contributed by atoms with van der Waals surface area (Å²) in [6.45, 7) is 1.86. The van der Waals surface area contributed by atoms with Gasteiger partial charge in [-0.1, -0.05) is 0 Å². The van der Waals surface area contributed by atoms with Crippen LogP contribution in [0.5, 0.6) is 5.75 Å². The van der Waals surface area contributed by atoms with Crippen molar-refractivity contribution in [3.63, 3.8) is 0 Å². The number of carbonyl (C=O) groups is 2. The average Bonchev–Trinajstić information content (AvgIpc) is 3.15.